The molecule has 2 heterocycles. The van der Waals surface area contributed by atoms with E-state index >= 15 is 0 Å². The second-order valence-corrected chi connectivity index (χ2v) is 10.4. The van der Waals surface area contributed by atoms with Crippen molar-refractivity contribution in [2.45, 2.75) is 75.6 Å². The van der Waals surface area contributed by atoms with Crippen LogP contribution in [0.3, 0.4) is 0 Å². The Bertz CT molecular complexity index is 663. The molecule has 0 radical (unpaired) electrons. The molecule has 1 aliphatic heterocycles. The third-order valence-corrected chi connectivity index (χ3v) is 7.19. The van der Waals surface area contributed by atoms with Gasteiger partial charge >= 0.3 is 0 Å². The largest absolute Gasteiger partial charge is 0.391 e. The summed E-state index contributed by atoms with van der Waals surface area (Å²) in [6, 6.07) is 5.75. The van der Waals surface area contributed by atoms with Gasteiger partial charge in [-0.15, -0.1) is 0 Å². The van der Waals surface area contributed by atoms with E-state index in [0.29, 0.717) is 39.0 Å². The highest BCUT2D eigenvalue weighted by Crippen LogP contribution is 2.29. The second-order valence-electron chi connectivity index (χ2n) is 7.96. The molecule has 0 unspecified atom stereocenters. The number of nitrogens with zero attached hydrogens (tertiary/aromatic N) is 2. The van der Waals surface area contributed by atoms with Crippen LogP contribution >= 0.6 is 21.6 Å². The van der Waals surface area contributed by atoms with Crippen LogP contribution in [0.15, 0.2) is 29.4 Å². The molecule has 2 N–H and O–H groups in total. The van der Waals surface area contributed by atoms with Crippen LogP contribution in [-0.2, 0) is 14.3 Å². The molecule has 2 amide bonds. The fraction of sp³-hybridized carbons (Fsp3) is 0.682. The van der Waals surface area contributed by atoms with Gasteiger partial charge in [0.2, 0.25) is 11.8 Å². The molecule has 2 rings (SSSR count). The number of amides is 2. The van der Waals surface area contributed by atoms with Crippen LogP contribution in [0.5, 0.6) is 0 Å². The van der Waals surface area contributed by atoms with Gasteiger partial charge in [0.15, 0.2) is 0 Å². The minimum atomic E-state index is -0.458. The van der Waals surface area contributed by atoms with Crippen molar-refractivity contribution < 1.29 is 19.4 Å². The van der Waals surface area contributed by atoms with Gasteiger partial charge in [0.25, 0.3) is 0 Å². The Labute approximate surface area is 193 Å². The number of hydrogen-bond donors (Lipinski definition) is 2. The fourth-order valence-electron chi connectivity index (χ4n) is 3.33. The van der Waals surface area contributed by atoms with Crippen LogP contribution in [0.4, 0.5) is 0 Å². The third kappa shape index (κ3) is 10.7. The number of pyridine rings is 1. The van der Waals surface area contributed by atoms with E-state index in [1.165, 1.54) is 0 Å². The minimum absolute atomic E-state index is 0.0297. The average Bonchev–Trinajstić information content (AvgIpc) is 3.13. The van der Waals surface area contributed by atoms with Crippen LogP contribution in [0.1, 0.15) is 52.4 Å². The van der Waals surface area contributed by atoms with Crippen molar-refractivity contribution in [1.82, 2.24) is 15.2 Å². The summed E-state index contributed by atoms with van der Waals surface area (Å²) in [5.74, 6) is 0.884. The Balaban J connectivity index is 1.49. The van der Waals surface area contributed by atoms with Gasteiger partial charge in [0.1, 0.15) is 5.03 Å². The number of aliphatic hydroxyl groups is 1. The first-order valence-electron chi connectivity index (χ1n) is 11.0. The van der Waals surface area contributed by atoms with Crippen molar-refractivity contribution in [2.75, 3.05) is 25.4 Å². The Morgan fingerprint density at radius 2 is 2.13 bits per heavy atom. The van der Waals surface area contributed by atoms with E-state index < -0.39 is 6.10 Å². The van der Waals surface area contributed by atoms with Crippen molar-refractivity contribution in [2.24, 2.45) is 0 Å². The molecule has 174 valence electrons. The predicted molar refractivity (Wildman–Crippen MR) is 126 cm³/mol. The Morgan fingerprint density at radius 3 is 2.87 bits per heavy atom. The van der Waals surface area contributed by atoms with Gasteiger partial charge in [0, 0.05) is 37.9 Å². The lowest BCUT2D eigenvalue weighted by molar-refractivity contribution is -0.133. The number of rotatable bonds is 14. The number of aromatic nitrogens is 1. The average molecular weight is 470 g/mol. The molecular formula is C22H35N3O4S2. The zero-order valence-corrected chi connectivity index (χ0v) is 20.1. The highest BCUT2D eigenvalue weighted by molar-refractivity contribution is 8.76. The van der Waals surface area contributed by atoms with E-state index in [2.05, 4.69) is 10.3 Å². The number of β-amino-alcohol motifs (C(OH)–C–C–N with tert-alkyl or cyclic N) is 1. The van der Waals surface area contributed by atoms with E-state index in [1.54, 1.807) is 32.7 Å². The van der Waals surface area contributed by atoms with Crippen LogP contribution in [0, 0.1) is 0 Å². The maximum Gasteiger partial charge on any atom is 0.222 e. The fourth-order valence-corrected chi connectivity index (χ4v) is 5.20. The van der Waals surface area contributed by atoms with E-state index in [0.717, 1.165) is 30.0 Å². The van der Waals surface area contributed by atoms with Crippen molar-refractivity contribution in [3.8, 4) is 0 Å². The summed E-state index contributed by atoms with van der Waals surface area (Å²) in [5.41, 5.74) is 0. The first kappa shape index (κ1) is 26.0. The number of ether oxygens (including phenoxy) is 1. The van der Waals surface area contributed by atoms with Gasteiger partial charge in [-0.1, -0.05) is 23.3 Å². The SMILES string of the molecule is CC(C)OC[C@@H]1C[C@@H](O)CN1C(=O)CCCCCNC(=O)CCSSc1ccccn1. The molecule has 0 spiro atoms. The maximum absolute atomic E-state index is 12.5. The van der Waals surface area contributed by atoms with E-state index in [-0.39, 0.29) is 24.0 Å². The van der Waals surface area contributed by atoms with Gasteiger partial charge in [0.05, 0.1) is 24.9 Å². The molecule has 1 aliphatic rings. The third-order valence-electron chi connectivity index (χ3n) is 4.92. The molecule has 1 aromatic rings. The summed E-state index contributed by atoms with van der Waals surface area (Å²) >= 11 is 0. The summed E-state index contributed by atoms with van der Waals surface area (Å²) in [5, 5.41) is 13.8. The minimum Gasteiger partial charge on any atom is -0.391 e. The van der Waals surface area contributed by atoms with Gasteiger partial charge in [-0.3, -0.25) is 9.59 Å². The number of carbonyl (C=O) groups excluding carboxylic acids is 2. The molecule has 0 aromatic carbocycles. The number of nitrogens with one attached hydrogen (secondary N) is 1. The van der Waals surface area contributed by atoms with E-state index in [4.69, 9.17) is 4.74 Å². The van der Waals surface area contributed by atoms with Gasteiger partial charge < -0.3 is 20.1 Å². The van der Waals surface area contributed by atoms with Crippen LogP contribution < -0.4 is 5.32 Å². The first-order chi connectivity index (χ1) is 15.0. The summed E-state index contributed by atoms with van der Waals surface area (Å²) < 4.78 is 5.64. The van der Waals surface area contributed by atoms with E-state index in [9.17, 15) is 14.7 Å². The summed E-state index contributed by atoms with van der Waals surface area (Å²) in [6.45, 7) is 5.45. The van der Waals surface area contributed by atoms with Crippen molar-refractivity contribution >= 4 is 33.4 Å². The lowest BCUT2D eigenvalue weighted by Gasteiger charge is -2.25. The lowest BCUT2D eigenvalue weighted by atomic mass is 10.1. The molecule has 0 aliphatic carbocycles. The molecule has 2 atom stereocenters. The van der Waals surface area contributed by atoms with Crippen molar-refractivity contribution in [3.05, 3.63) is 24.4 Å². The molecule has 1 aromatic heterocycles. The lowest BCUT2D eigenvalue weighted by Crippen LogP contribution is -2.39. The number of aliphatic hydroxyl groups excluding tert-OH is 1. The normalized spacial score (nSPS) is 18.5. The molecule has 7 nitrogen and oxygen atoms in total. The quantitative estimate of drug-likeness (QED) is 0.319. The number of likely N-dealkylation sites (tertiary alicyclic amines) is 1. The van der Waals surface area contributed by atoms with Crippen molar-refractivity contribution in [1.29, 1.82) is 0 Å². The number of unbranched alkanes of at least 4 members (excludes halogenated alkanes) is 2. The molecular weight excluding hydrogens is 434 g/mol. The van der Waals surface area contributed by atoms with E-state index in [1.807, 2.05) is 32.0 Å². The Morgan fingerprint density at radius 1 is 1.29 bits per heavy atom. The zero-order chi connectivity index (χ0) is 22.5. The van der Waals surface area contributed by atoms with Gasteiger partial charge in [-0.2, -0.15) is 0 Å². The summed E-state index contributed by atoms with van der Waals surface area (Å²) in [6.07, 6.45) is 5.50. The Kier molecular flexibility index (Phi) is 12.3. The summed E-state index contributed by atoms with van der Waals surface area (Å²) in [4.78, 5) is 30.4. The molecule has 9 heteroatoms. The number of hydrogen-bond acceptors (Lipinski definition) is 7. The summed E-state index contributed by atoms with van der Waals surface area (Å²) in [7, 11) is 3.21. The molecule has 0 saturated carbocycles. The molecule has 1 fully saturated rings. The first-order valence-corrected chi connectivity index (χ1v) is 13.3. The maximum atomic E-state index is 12.5. The Hall–Kier alpha value is -1.29. The number of carbonyl (C=O) groups is 2. The van der Waals surface area contributed by atoms with Crippen molar-refractivity contribution in [3.63, 3.8) is 0 Å². The van der Waals surface area contributed by atoms with Gasteiger partial charge in [-0.05, 0) is 56.0 Å². The predicted octanol–water partition coefficient (Wildman–Crippen LogP) is 3.28. The molecule has 1 saturated heterocycles. The topological polar surface area (TPSA) is 91.8 Å². The molecule has 31 heavy (non-hydrogen) atoms. The monoisotopic (exact) mass is 469 g/mol. The smallest absolute Gasteiger partial charge is 0.222 e. The van der Waals surface area contributed by atoms with Crippen LogP contribution in [0.2, 0.25) is 0 Å². The highest BCUT2D eigenvalue weighted by Gasteiger charge is 2.34. The highest BCUT2D eigenvalue weighted by atomic mass is 33.1. The second kappa shape index (κ2) is 14.7. The molecule has 0 bridgehead atoms. The zero-order valence-electron chi connectivity index (χ0n) is 18.5. The van der Waals surface area contributed by atoms with Gasteiger partial charge in [-0.25, -0.2) is 4.98 Å². The van der Waals surface area contributed by atoms with Crippen LogP contribution in [0.25, 0.3) is 0 Å². The standard InChI is InChI=1S/C22H35N3O4S2/c1-17(2)29-16-18-14-19(26)15-25(18)22(28)9-4-3-6-11-23-20(27)10-13-30-31-21-8-5-7-12-24-21/h5,7-8,12,17-19,26H,3-4,6,9-11,13-16H2,1-2H3,(H,23,27)/t18-,19+/m0/s1. The van der Waals surface area contributed by atoms with Crippen LogP contribution in [-0.4, -0.2) is 70.5 Å².